The van der Waals surface area contributed by atoms with Crippen molar-refractivity contribution in [3.05, 3.63) is 52.1 Å². The normalized spacial score (nSPS) is 13.3. The smallest absolute Gasteiger partial charge is 0.326 e. The van der Waals surface area contributed by atoms with Gasteiger partial charge >= 0.3 is 47.8 Å². The maximum atomic E-state index is 14.0. The van der Waals surface area contributed by atoms with Gasteiger partial charge in [-0.2, -0.15) is 4.98 Å². The van der Waals surface area contributed by atoms with E-state index in [2.05, 4.69) is 57.2 Å². The fourth-order valence-electron chi connectivity index (χ4n) is 7.61. The van der Waals surface area contributed by atoms with Gasteiger partial charge in [0.1, 0.15) is 42.3 Å². The Balaban J connectivity index is 1.88. The van der Waals surface area contributed by atoms with Gasteiger partial charge in [-0.05, 0) is 69.2 Å². The summed E-state index contributed by atoms with van der Waals surface area (Å²) in [4.78, 5) is 216. The van der Waals surface area contributed by atoms with E-state index >= 15 is 0 Å². The molecular weight excluding hydrogens is 1150 g/mol. The van der Waals surface area contributed by atoms with Crippen LogP contribution < -0.4 is 53.8 Å². The molecule has 0 saturated carbocycles. The zero-order valence-corrected chi connectivity index (χ0v) is 45.1. The van der Waals surface area contributed by atoms with Crippen molar-refractivity contribution < 1.29 is 113 Å². The first-order valence-corrected chi connectivity index (χ1v) is 25.7. The Bertz CT molecular complexity index is 3120. The van der Waals surface area contributed by atoms with E-state index in [1.165, 1.54) is 30.5 Å². The molecular formula is C49H61N13O24. The van der Waals surface area contributed by atoms with E-state index in [0.29, 0.717) is 11.4 Å². The van der Waals surface area contributed by atoms with Gasteiger partial charge < -0.3 is 89.1 Å². The molecule has 37 nitrogen and oxygen atoms in total. The maximum absolute atomic E-state index is 14.0. The summed E-state index contributed by atoms with van der Waals surface area (Å²) in [6.07, 6.45) is -10.0. The van der Waals surface area contributed by atoms with Crippen LogP contribution in [-0.4, -0.2) is 192 Å². The Morgan fingerprint density at radius 2 is 0.733 bits per heavy atom. The largest absolute Gasteiger partial charge is 0.481 e. The molecule has 0 unspecified atom stereocenters. The minimum Gasteiger partial charge on any atom is -0.481 e. The molecule has 19 N–H and O–H groups in total. The number of fused-ring (bicyclic) bond motifs is 1. The molecule has 0 aliphatic rings. The van der Waals surface area contributed by atoms with Gasteiger partial charge in [-0.3, -0.25) is 76.9 Å². The first kappa shape index (κ1) is 69.4. The van der Waals surface area contributed by atoms with Crippen molar-refractivity contribution in [3.8, 4) is 0 Å². The third kappa shape index (κ3) is 24.7. The molecule has 7 amide bonds. The number of anilines is 2. The molecule has 0 aliphatic heterocycles. The zero-order valence-electron chi connectivity index (χ0n) is 45.1. The van der Waals surface area contributed by atoms with Crippen LogP contribution in [0, 0.1) is 0 Å². The van der Waals surface area contributed by atoms with Crippen LogP contribution in [0.2, 0.25) is 0 Å². The van der Waals surface area contributed by atoms with Gasteiger partial charge in [-0.15, -0.1) is 0 Å². The highest BCUT2D eigenvalue weighted by Gasteiger charge is 2.35. The van der Waals surface area contributed by atoms with E-state index in [9.17, 15) is 112 Å². The molecule has 86 heavy (non-hydrogen) atoms. The Kier molecular flexibility index (Phi) is 27.3. The van der Waals surface area contributed by atoms with Crippen LogP contribution in [-0.2, 0) is 73.7 Å². The Hall–Kier alpha value is -10.9. The SMILES string of the molecule is Nc1nc2ncc(CNc3ccc(C(=O)N[C@@H](CCC(=O)O)C(=O)N[C@@H](CCC(=O)O)C(=O)N[C@@H](CCC(=O)O)C(=O)N[C@@H](CCC(=O)O)C(=O)N[C@@H](CCC(=O)O)C(=O)N[C@@H](CCC(=O)O)C(=O)N[C@@H](CCC(=O)O)C(=O)O)cc3)nc2c(=O)[nH]1. The van der Waals surface area contributed by atoms with Crippen molar-refractivity contribution in [2.75, 3.05) is 11.1 Å². The fourth-order valence-corrected chi connectivity index (χ4v) is 7.61. The first-order chi connectivity index (χ1) is 40.4. The number of carbonyl (C=O) groups is 15. The number of aliphatic carboxylic acids is 8. The number of amides is 7. The molecule has 37 heteroatoms. The summed E-state index contributed by atoms with van der Waals surface area (Å²) < 4.78 is 0. The number of hydrogen-bond acceptors (Lipinski definition) is 21. The molecule has 0 aliphatic carbocycles. The van der Waals surface area contributed by atoms with E-state index in [4.69, 9.17) is 10.8 Å². The number of nitrogen functional groups attached to an aromatic ring is 1. The Labute approximate surface area is 482 Å². The number of carbonyl (C=O) groups excluding carboxylic acids is 7. The summed E-state index contributed by atoms with van der Waals surface area (Å²) in [5, 5.41) is 93.0. The highest BCUT2D eigenvalue weighted by Crippen LogP contribution is 2.15. The third-order valence-electron chi connectivity index (χ3n) is 12.0. The van der Waals surface area contributed by atoms with Crippen LogP contribution in [0.25, 0.3) is 11.2 Å². The number of aromatic nitrogens is 4. The summed E-state index contributed by atoms with van der Waals surface area (Å²) in [6.45, 7) is 0.0254. The summed E-state index contributed by atoms with van der Waals surface area (Å²) in [5.74, 6) is -21.9. The predicted molar refractivity (Wildman–Crippen MR) is 285 cm³/mol. The fraction of sp³-hybridized carbons (Fsp3) is 0.449. The van der Waals surface area contributed by atoms with Crippen LogP contribution in [0.15, 0.2) is 35.3 Å². The Morgan fingerprint density at radius 3 is 1.05 bits per heavy atom. The molecule has 0 bridgehead atoms. The lowest BCUT2D eigenvalue weighted by molar-refractivity contribution is -0.144. The summed E-state index contributed by atoms with van der Waals surface area (Å²) >= 11 is 0. The van der Waals surface area contributed by atoms with Crippen LogP contribution in [0.1, 0.15) is 106 Å². The maximum Gasteiger partial charge on any atom is 0.326 e. The molecule has 3 aromatic rings. The van der Waals surface area contributed by atoms with Crippen molar-refractivity contribution in [1.29, 1.82) is 0 Å². The molecule has 0 radical (unpaired) electrons. The van der Waals surface area contributed by atoms with Crippen molar-refractivity contribution in [2.24, 2.45) is 0 Å². The van der Waals surface area contributed by atoms with Crippen LogP contribution in [0.5, 0.6) is 0 Å². The van der Waals surface area contributed by atoms with E-state index < -0.39 is 227 Å². The Morgan fingerprint density at radius 1 is 0.430 bits per heavy atom. The molecule has 7 atom stereocenters. The van der Waals surface area contributed by atoms with Crippen molar-refractivity contribution >= 4 is 112 Å². The average molecular weight is 1220 g/mol. The second-order valence-electron chi connectivity index (χ2n) is 18.7. The second-order valence-corrected chi connectivity index (χ2v) is 18.7. The summed E-state index contributed by atoms with van der Waals surface area (Å²) in [7, 11) is 0. The van der Waals surface area contributed by atoms with E-state index in [-0.39, 0.29) is 29.2 Å². The van der Waals surface area contributed by atoms with Crippen LogP contribution in [0.4, 0.5) is 11.6 Å². The number of H-pyrrole nitrogens is 1. The van der Waals surface area contributed by atoms with Crippen molar-refractivity contribution in [3.63, 3.8) is 0 Å². The van der Waals surface area contributed by atoms with E-state index in [1.54, 1.807) is 0 Å². The molecule has 3 rings (SSSR count). The van der Waals surface area contributed by atoms with Crippen molar-refractivity contribution in [2.45, 2.75) is 139 Å². The molecule has 1 aromatic carbocycles. The lowest BCUT2D eigenvalue weighted by atomic mass is 10.0. The summed E-state index contributed by atoms with van der Waals surface area (Å²) in [5.41, 5.74) is 5.46. The number of carboxylic acid groups (broad SMARTS) is 8. The topological polar surface area (TPSA) is 612 Å². The first-order valence-electron chi connectivity index (χ1n) is 25.7. The van der Waals surface area contributed by atoms with Gasteiger partial charge in [0.05, 0.1) is 18.4 Å². The molecule has 0 spiro atoms. The monoisotopic (exact) mass is 1220 g/mol. The lowest BCUT2D eigenvalue weighted by Crippen LogP contribution is -2.60. The molecule has 2 heterocycles. The summed E-state index contributed by atoms with van der Waals surface area (Å²) in [6, 6.07) is -8.23. The quantitative estimate of drug-likeness (QED) is 0.0259. The number of nitrogens with one attached hydrogen (secondary N) is 9. The van der Waals surface area contributed by atoms with Gasteiger partial charge in [0.15, 0.2) is 11.2 Å². The second kappa shape index (κ2) is 33.9. The highest BCUT2D eigenvalue weighted by atomic mass is 16.4. The molecule has 0 saturated heterocycles. The average Bonchev–Trinajstić information content (AvgIpc) is 2.16. The predicted octanol–water partition coefficient (Wildman–Crippen LogP) is -3.95. The molecule has 0 fully saturated rings. The minimum atomic E-state index is -2.06. The van der Waals surface area contributed by atoms with Gasteiger partial charge in [-0.25, -0.2) is 14.8 Å². The van der Waals surface area contributed by atoms with Gasteiger partial charge in [-0.1, -0.05) is 0 Å². The zero-order chi connectivity index (χ0) is 64.4. The van der Waals surface area contributed by atoms with E-state index in [1.807, 2.05) is 5.32 Å². The number of nitrogens with zero attached hydrogens (tertiary/aromatic N) is 3. The lowest BCUT2D eigenvalue weighted by Gasteiger charge is -2.27. The van der Waals surface area contributed by atoms with E-state index in [0.717, 1.165) is 0 Å². The third-order valence-corrected chi connectivity index (χ3v) is 12.0. The highest BCUT2D eigenvalue weighted by molar-refractivity contribution is 6.00. The van der Waals surface area contributed by atoms with Crippen LogP contribution >= 0.6 is 0 Å². The number of rotatable bonds is 39. The van der Waals surface area contributed by atoms with Crippen molar-refractivity contribution in [1.82, 2.24) is 57.2 Å². The van der Waals surface area contributed by atoms with Gasteiger partial charge in [0.2, 0.25) is 41.4 Å². The number of nitrogens with two attached hydrogens (primary N) is 1. The van der Waals surface area contributed by atoms with Gasteiger partial charge in [0.25, 0.3) is 11.5 Å². The number of carboxylic acids is 8. The molecule has 466 valence electrons. The van der Waals surface area contributed by atoms with Crippen LogP contribution in [0.3, 0.4) is 0 Å². The standard InChI is InChI=1S/C49H61N13O24/c50-49-61-39-38(47(84)62-49)53-23(20-52-39)19-51-22-3-1-21(2-4-22)40(77)54-24(5-12-31(63)64)41(78)55-25(6-13-32(65)66)42(79)56-26(7-14-33(67)68)43(80)57-27(8-15-34(69)70)44(81)58-28(9-16-35(71)72)45(82)59-29(10-17-36(73)74)46(83)60-30(48(85)86)11-18-37(75)76/h1-4,20,24-30,51H,5-19H2,(H,54,77)(H,55,78)(H,56,79)(H,57,80)(H,58,81)(H,59,82)(H,60,83)(H,63,64)(H,65,66)(H,67,68)(H,69,70)(H,71,72)(H,73,74)(H,75,76)(H,85,86)(H3,50,52,61,62,84)/t24-,25-,26-,27-,28-,29-,30-/m0/s1. The number of aromatic amines is 1. The molecule has 2 aromatic heterocycles. The number of benzene rings is 1. The number of hydrogen-bond donors (Lipinski definition) is 18. The van der Waals surface area contributed by atoms with Gasteiger partial charge in [0, 0.05) is 56.2 Å². The minimum absolute atomic E-state index is 0.00273.